The fourth-order valence-corrected chi connectivity index (χ4v) is 4.08. The minimum Gasteiger partial charge on any atom is -0.297 e. The molecule has 2 heteroatoms. The molecular weight excluding hydrogens is 196 g/mol. The first-order chi connectivity index (χ1) is 7.55. The van der Waals surface area contributed by atoms with Crippen molar-refractivity contribution in [2.45, 2.75) is 76.5 Å². The summed E-state index contributed by atoms with van der Waals surface area (Å²) in [6.07, 6.45) is 7.28. The summed E-state index contributed by atoms with van der Waals surface area (Å²) in [4.78, 5) is 5.61. The largest absolute Gasteiger partial charge is 0.297 e. The highest BCUT2D eigenvalue weighted by Crippen LogP contribution is 2.38. The monoisotopic (exact) mass is 222 g/mol. The lowest BCUT2D eigenvalue weighted by Gasteiger charge is -2.51. The van der Waals surface area contributed by atoms with Gasteiger partial charge in [-0.05, 0) is 46.5 Å². The summed E-state index contributed by atoms with van der Waals surface area (Å²) in [5.41, 5.74) is 0.373. The summed E-state index contributed by atoms with van der Waals surface area (Å²) in [7, 11) is 0. The summed E-state index contributed by atoms with van der Waals surface area (Å²) in [6.45, 7) is 9.85. The molecular formula is C14H26N2. The van der Waals surface area contributed by atoms with Crippen molar-refractivity contribution in [3.05, 3.63) is 0 Å². The average Bonchev–Trinajstić information content (AvgIpc) is 2.35. The summed E-state index contributed by atoms with van der Waals surface area (Å²) >= 11 is 0. The highest BCUT2D eigenvalue weighted by Gasteiger charge is 2.46. The number of likely N-dealkylation sites (tertiary alicyclic amines) is 1. The van der Waals surface area contributed by atoms with Crippen LogP contribution in [-0.4, -0.2) is 46.6 Å². The van der Waals surface area contributed by atoms with Crippen LogP contribution in [-0.2, 0) is 0 Å². The van der Waals surface area contributed by atoms with Crippen molar-refractivity contribution in [1.29, 1.82) is 0 Å². The van der Waals surface area contributed by atoms with Crippen LogP contribution in [0, 0.1) is 0 Å². The van der Waals surface area contributed by atoms with Crippen molar-refractivity contribution >= 4 is 0 Å². The number of fused-ring (bicyclic) bond motifs is 2. The minimum atomic E-state index is 0.373. The van der Waals surface area contributed by atoms with Gasteiger partial charge in [0.15, 0.2) is 0 Å². The van der Waals surface area contributed by atoms with Crippen molar-refractivity contribution in [2.75, 3.05) is 13.1 Å². The molecule has 1 saturated carbocycles. The molecule has 0 aromatic rings. The Hall–Kier alpha value is -0.0800. The van der Waals surface area contributed by atoms with E-state index in [-0.39, 0.29) is 0 Å². The smallest absolute Gasteiger partial charge is 0.0232 e. The van der Waals surface area contributed by atoms with E-state index in [1.165, 1.54) is 45.2 Å². The molecule has 3 rings (SSSR count). The zero-order valence-corrected chi connectivity index (χ0v) is 11.1. The molecule has 2 bridgehead atoms. The first kappa shape index (κ1) is 11.0. The Balaban J connectivity index is 1.71. The fraction of sp³-hybridized carbons (Fsp3) is 1.00. The highest BCUT2D eigenvalue weighted by molar-refractivity contribution is 5.02. The van der Waals surface area contributed by atoms with Crippen LogP contribution in [0.15, 0.2) is 0 Å². The molecule has 0 aromatic carbocycles. The second kappa shape index (κ2) is 3.71. The topological polar surface area (TPSA) is 6.48 Å². The first-order valence-corrected chi connectivity index (χ1v) is 7.08. The van der Waals surface area contributed by atoms with Crippen LogP contribution >= 0.6 is 0 Å². The lowest BCUT2D eigenvalue weighted by molar-refractivity contribution is -0.0263. The summed E-state index contributed by atoms with van der Waals surface area (Å²) < 4.78 is 0. The van der Waals surface area contributed by atoms with Crippen molar-refractivity contribution < 1.29 is 0 Å². The fourth-order valence-electron chi connectivity index (χ4n) is 4.08. The molecule has 2 nitrogen and oxygen atoms in total. The van der Waals surface area contributed by atoms with E-state index < -0.39 is 0 Å². The zero-order valence-electron chi connectivity index (χ0n) is 11.1. The van der Waals surface area contributed by atoms with Crippen LogP contribution in [0.25, 0.3) is 0 Å². The van der Waals surface area contributed by atoms with E-state index in [2.05, 4.69) is 30.6 Å². The van der Waals surface area contributed by atoms with Crippen LogP contribution in [0.5, 0.6) is 0 Å². The predicted molar refractivity (Wildman–Crippen MR) is 67.6 cm³/mol. The van der Waals surface area contributed by atoms with E-state index >= 15 is 0 Å². The quantitative estimate of drug-likeness (QED) is 0.672. The van der Waals surface area contributed by atoms with E-state index in [9.17, 15) is 0 Å². The van der Waals surface area contributed by atoms with E-state index in [1.54, 1.807) is 0 Å². The minimum absolute atomic E-state index is 0.373. The molecule has 3 fully saturated rings. The molecule has 0 N–H and O–H groups in total. The van der Waals surface area contributed by atoms with Gasteiger partial charge in [0, 0.05) is 36.8 Å². The molecule has 2 atom stereocenters. The third-order valence-corrected chi connectivity index (χ3v) is 4.88. The number of hydrogen-bond acceptors (Lipinski definition) is 2. The van der Waals surface area contributed by atoms with Crippen molar-refractivity contribution in [1.82, 2.24) is 9.80 Å². The van der Waals surface area contributed by atoms with E-state index in [0.29, 0.717) is 5.54 Å². The lowest BCUT2D eigenvalue weighted by Crippen LogP contribution is -2.62. The third kappa shape index (κ3) is 1.70. The van der Waals surface area contributed by atoms with Gasteiger partial charge in [0.25, 0.3) is 0 Å². The van der Waals surface area contributed by atoms with Gasteiger partial charge >= 0.3 is 0 Å². The number of nitrogens with zero attached hydrogens (tertiary/aromatic N) is 2. The molecule has 0 amide bonds. The summed E-state index contributed by atoms with van der Waals surface area (Å²) in [5.74, 6) is 0. The molecule has 0 aromatic heterocycles. The van der Waals surface area contributed by atoms with Gasteiger partial charge in [0.05, 0.1) is 0 Å². The normalized spacial score (nSPS) is 37.7. The van der Waals surface area contributed by atoms with Crippen LogP contribution in [0.1, 0.15) is 52.9 Å². The van der Waals surface area contributed by atoms with Gasteiger partial charge in [-0.15, -0.1) is 0 Å². The van der Waals surface area contributed by atoms with Gasteiger partial charge in [-0.2, -0.15) is 0 Å². The Morgan fingerprint density at radius 1 is 0.812 bits per heavy atom. The van der Waals surface area contributed by atoms with Crippen molar-refractivity contribution in [3.63, 3.8) is 0 Å². The van der Waals surface area contributed by atoms with Crippen LogP contribution in [0.2, 0.25) is 0 Å². The molecule has 16 heavy (non-hydrogen) atoms. The van der Waals surface area contributed by atoms with Gasteiger partial charge in [-0.1, -0.05) is 6.42 Å². The standard InChI is InChI=1S/C14H26N2/c1-14(2,3)16-12-7-8-13(16)10-15(9-12)11-5-4-6-11/h11-13H,4-10H2,1-3H3. The zero-order chi connectivity index (χ0) is 11.3. The maximum atomic E-state index is 2.81. The number of piperazine rings is 1. The molecule has 1 aliphatic carbocycles. The summed E-state index contributed by atoms with van der Waals surface area (Å²) in [6, 6.07) is 2.64. The molecule has 2 aliphatic heterocycles. The maximum Gasteiger partial charge on any atom is 0.0232 e. The second-order valence-corrected chi connectivity index (χ2v) is 7.00. The predicted octanol–water partition coefficient (Wildman–Crippen LogP) is 2.49. The SMILES string of the molecule is CC(C)(C)N1C2CCC1CN(C1CCC1)C2. The number of rotatable bonds is 1. The summed E-state index contributed by atoms with van der Waals surface area (Å²) in [5, 5.41) is 0. The van der Waals surface area contributed by atoms with Crippen LogP contribution < -0.4 is 0 Å². The lowest BCUT2D eigenvalue weighted by atomic mass is 9.89. The van der Waals surface area contributed by atoms with Gasteiger partial charge in [0.2, 0.25) is 0 Å². The Bertz CT molecular complexity index is 250. The molecule has 2 unspecified atom stereocenters. The molecule has 2 saturated heterocycles. The molecule has 2 heterocycles. The Kier molecular flexibility index (Phi) is 2.56. The maximum absolute atomic E-state index is 2.81. The van der Waals surface area contributed by atoms with E-state index in [4.69, 9.17) is 0 Å². The first-order valence-electron chi connectivity index (χ1n) is 7.08. The highest BCUT2D eigenvalue weighted by atomic mass is 15.4. The van der Waals surface area contributed by atoms with E-state index in [0.717, 1.165) is 18.1 Å². The van der Waals surface area contributed by atoms with Gasteiger partial charge in [0.1, 0.15) is 0 Å². The Labute approximate surface area is 100.0 Å². The Morgan fingerprint density at radius 3 is 1.75 bits per heavy atom. The molecule has 0 spiro atoms. The van der Waals surface area contributed by atoms with E-state index in [1.807, 2.05) is 0 Å². The average molecular weight is 222 g/mol. The van der Waals surface area contributed by atoms with Crippen molar-refractivity contribution in [3.8, 4) is 0 Å². The molecule has 92 valence electrons. The Morgan fingerprint density at radius 2 is 1.38 bits per heavy atom. The van der Waals surface area contributed by atoms with Gasteiger partial charge in [-0.3, -0.25) is 9.80 Å². The molecule has 3 aliphatic rings. The third-order valence-electron chi connectivity index (χ3n) is 4.88. The van der Waals surface area contributed by atoms with Gasteiger partial charge in [-0.25, -0.2) is 0 Å². The van der Waals surface area contributed by atoms with Gasteiger partial charge < -0.3 is 0 Å². The van der Waals surface area contributed by atoms with Crippen molar-refractivity contribution in [2.24, 2.45) is 0 Å². The molecule has 0 radical (unpaired) electrons. The van der Waals surface area contributed by atoms with Crippen LogP contribution in [0.4, 0.5) is 0 Å². The second-order valence-electron chi connectivity index (χ2n) is 7.00. The number of hydrogen-bond donors (Lipinski definition) is 0. The van der Waals surface area contributed by atoms with Crippen LogP contribution in [0.3, 0.4) is 0 Å².